The first-order chi connectivity index (χ1) is 9.88. The van der Waals surface area contributed by atoms with E-state index >= 15 is 0 Å². The fourth-order valence-electron chi connectivity index (χ4n) is 1.82. The van der Waals surface area contributed by atoms with Crippen LogP contribution in [0.4, 0.5) is 15.8 Å². The van der Waals surface area contributed by atoms with Gasteiger partial charge in [-0.3, -0.25) is 4.55 Å². The summed E-state index contributed by atoms with van der Waals surface area (Å²) in [5.74, 6) is -2.12. The molecule has 2 N–H and O–H groups in total. The molecule has 0 aliphatic heterocycles. The molecule has 5 nitrogen and oxygen atoms in total. The number of carboxylic acids is 1. The number of aromatic carboxylic acids is 1. The molecule has 1 atom stereocenters. The number of halogens is 1. The summed E-state index contributed by atoms with van der Waals surface area (Å²) in [6, 6.07) is 9.63. The van der Waals surface area contributed by atoms with Crippen LogP contribution in [-0.2, 0) is 11.3 Å². The van der Waals surface area contributed by atoms with Crippen molar-refractivity contribution in [3.63, 3.8) is 0 Å². The molecular weight excluding hydrogens is 297 g/mol. The molecule has 7 heteroatoms. The number of carbonyl (C=O) groups is 1. The third kappa shape index (κ3) is 3.45. The van der Waals surface area contributed by atoms with Crippen molar-refractivity contribution in [1.29, 1.82) is 0 Å². The van der Waals surface area contributed by atoms with Gasteiger partial charge in [-0.1, -0.05) is 17.7 Å². The summed E-state index contributed by atoms with van der Waals surface area (Å²) in [7, 11) is 0. The van der Waals surface area contributed by atoms with Crippen LogP contribution in [-0.4, -0.2) is 19.8 Å². The zero-order chi connectivity index (χ0) is 15.6. The van der Waals surface area contributed by atoms with Crippen LogP contribution in [0.3, 0.4) is 0 Å². The van der Waals surface area contributed by atoms with Crippen molar-refractivity contribution in [3.8, 4) is 0 Å². The fraction of sp³-hybridized carbons (Fsp3) is 0.0714. The van der Waals surface area contributed by atoms with Gasteiger partial charge in [0.1, 0.15) is 5.82 Å². The first-order valence-corrected chi connectivity index (χ1v) is 6.96. The van der Waals surface area contributed by atoms with Gasteiger partial charge in [0, 0.05) is 0 Å². The molecule has 0 saturated heterocycles. The highest BCUT2D eigenvalue weighted by Crippen LogP contribution is 2.28. The lowest BCUT2D eigenvalue weighted by molar-refractivity contribution is 0.0696. The monoisotopic (exact) mass is 309 g/mol. The number of hydrogen-bond donors (Lipinski definition) is 2. The van der Waals surface area contributed by atoms with E-state index in [1.54, 1.807) is 24.3 Å². The topological polar surface area (TPSA) is 77.8 Å². The van der Waals surface area contributed by atoms with Crippen molar-refractivity contribution in [3.05, 3.63) is 59.4 Å². The van der Waals surface area contributed by atoms with Crippen molar-refractivity contribution in [1.82, 2.24) is 0 Å². The van der Waals surface area contributed by atoms with Gasteiger partial charge in [-0.2, -0.15) is 0 Å². The summed E-state index contributed by atoms with van der Waals surface area (Å²) in [5.41, 5.74) is 0.987. The molecular formula is C14H12FNO4S. The van der Waals surface area contributed by atoms with Crippen LogP contribution in [0.15, 0.2) is 42.5 Å². The van der Waals surface area contributed by atoms with Gasteiger partial charge >= 0.3 is 5.97 Å². The lowest BCUT2D eigenvalue weighted by Gasteiger charge is -2.20. The van der Waals surface area contributed by atoms with Gasteiger partial charge in [-0.05, 0) is 37.3 Å². The second kappa shape index (κ2) is 6.02. The maximum absolute atomic E-state index is 13.5. The van der Waals surface area contributed by atoms with Gasteiger partial charge in [0.25, 0.3) is 11.3 Å². The SMILES string of the molecule is Cc1ccc(N(c2cc(F)cc(C(=O)O)c2)S(=O)O)cc1. The van der Waals surface area contributed by atoms with Crippen LogP contribution in [0.1, 0.15) is 15.9 Å². The van der Waals surface area contributed by atoms with E-state index in [1.807, 2.05) is 6.92 Å². The van der Waals surface area contributed by atoms with Crippen LogP contribution in [0, 0.1) is 12.7 Å². The van der Waals surface area contributed by atoms with Crippen molar-refractivity contribution in [2.45, 2.75) is 6.92 Å². The second-order valence-electron chi connectivity index (χ2n) is 4.36. The molecule has 2 aromatic carbocycles. The summed E-state index contributed by atoms with van der Waals surface area (Å²) in [6.07, 6.45) is 0. The Labute approximate surface area is 123 Å². The maximum Gasteiger partial charge on any atom is 0.335 e. The molecule has 21 heavy (non-hydrogen) atoms. The Bertz CT molecular complexity index is 703. The second-order valence-corrected chi connectivity index (χ2v) is 5.19. The van der Waals surface area contributed by atoms with Gasteiger partial charge in [0.2, 0.25) is 0 Å². The third-order valence-electron chi connectivity index (χ3n) is 2.79. The number of rotatable bonds is 4. The highest BCUT2D eigenvalue weighted by atomic mass is 32.2. The molecule has 0 heterocycles. The molecule has 0 radical (unpaired) electrons. The highest BCUT2D eigenvalue weighted by molar-refractivity contribution is 7.81. The van der Waals surface area contributed by atoms with Crippen molar-refractivity contribution < 1.29 is 23.1 Å². The lowest BCUT2D eigenvalue weighted by Crippen LogP contribution is -2.19. The predicted molar refractivity (Wildman–Crippen MR) is 77.4 cm³/mol. The third-order valence-corrected chi connectivity index (χ3v) is 3.52. The smallest absolute Gasteiger partial charge is 0.335 e. The number of nitrogens with zero attached hydrogens (tertiary/aromatic N) is 1. The normalized spacial score (nSPS) is 12.0. The van der Waals surface area contributed by atoms with Crippen LogP contribution >= 0.6 is 0 Å². The molecule has 0 amide bonds. The summed E-state index contributed by atoms with van der Waals surface area (Å²) in [6.45, 7) is 1.86. The Morgan fingerprint density at radius 2 is 1.76 bits per heavy atom. The number of carboxylic acid groups (broad SMARTS) is 1. The van der Waals surface area contributed by atoms with Gasteiger partial charge in [0.05, 0.1) is 16.9 Å². The summed E-state index contributed by atoms with van der Waals surface area (Å²) in [4.78, 5) is 11.0. The van der Waals surface area contributed by atoms with E-state index in [4.69, 9.17) is 5.11 Å². The van der Waals surface area contributed by atoms with Crippen LogP contribution in [0.25, 0.3) is 0 Å². The molecule has 0 aromatic heterocycles. The Morgan fingerprint density at radius 3 is 2.29 bits per heavy atom. The van der Waals surface area contributed by atoms with Crippen molar-refractivity contribution >= 4 is 28.6 Å². The minimum Gasteiger partial charge on any atom is -0.478 e. The summed E-state index contributed by atoms with van der Waals surface area (Å²) in [5, 5.41) is 8.94. The summed E-state index contributed by atoms with van der Waals surface area (Å²) >= 11 is -2.47. The molecule has 0 aliphatic rings. The van der Waals surface area contributed by atoms with Gasteiger partial charge in [-0.15, -0.1) is 0 Å². The quantitative estimate of drug-likeness (QED) is 0.851. The maximum atomic E-state index is 13.5. The van der Waals surface area contributed by atoms with Crippen LogP contribution < -0.4 is 4.31 Å². The highest BCUT2D eigenvalue weighted by Gasteiger charge is 2.18. The number of anilines is 2. The first-order valence-electron chi connectivity index (χ1n) is 5.90. The molecule has 1 unspecified atom stereocenters. The van der Waals surface area contributed by atoms with Gasteiger partial charge in [-0.25, -0.2) is 17.7 Å². The van der Waals surface area contributed by atoms with Crippen molar-refractivity contribution in [2.75, 3.05) is 4.31 Å². The van der Waals surface area contributed by atoms with E-state index < -0.39 is 23.1 Å². The molecule has 0 aliphatic carbocycles. The van der Waals surface area contributed by atoms with Crippen LogP contribution in [0.5, 0.6) is 0 Å². The van der Waals surface area contributed by atoms with E-state index in [2.05, 4.69) is 0 Å². The molecule has 0 fully saturated rings. The standard InChI is InChI=1S/C14H12FNO4S/c1-9-2-4-12(5-3-9)16(21(19)20)13-7-10(14(17)18)6-11(15)8-13/h2-8H,1H3,(H,17,18)(H,19,20). The number of benzene rings is 2. The van der Waals surface area contributed by atoms with Crippen molar-refractivity contribution in [2.24, 2.45) is 0 Å². The molecule has 0 saturated carbocycles. The average Bonchev–Trinajstić information content (AvgIpc) is 2.40. The molecule has 2 rings (SSSR count). The molecule has 110 valence electrons. The van der Waals surface area contributed by atoms with E-state index in [1.165, 1.54) is 0 Å². The van der Waals surface area contributed by atoms with Crippen LogP contribution in [0.2, 0.25) is 0 Å². The zero-order valence-corrected chi connectivity index (χ0v) is 11.8. The largest absolute Gasteiger partial charge is 0.478 e. The Morgan fingerprint density at radius 1 is 1.14 bits per heavy atom. The minimum absolute atomic E-state index is 0.0166. The number of hydrogen-bond acceptors (Lipinski definition) is 2. The Balaban J connectivity index is 2.55. The first kappa shape index (κ1) is 15.1. The minimum atomic E-state index is -2.47. The fourth-order valence-corrected chi connectivity index (χ4v) is 2.41. The van der Waals surface area contributed by atoms with E-state index in [-0.39, 0.29) is 11.3 Å². The molecule has 2 aromatic rings. The Kier molecular flexibility index (Phi) is 4.35. The van der Waals surface area contributed by atoms with E-state index in [0.29, 0.717) is 5.69 Å². The van der Waals surface area contributed by atoms with E-state index in [0.717, 1.165) is 28.1 Å². The average molecular weight is 309 g/mol. The predicted octanol–water partition coefficient (Wildman–Crippen LogP) is 3.11. The Hall–Kier alpha value is -2.25. The zero-order valence-electron chi connectivity index (χ0n) is 11.0. The molecule has 0 spiro atoms. The number of aryl methyl sites for hydroxylation is 1. The van der Waals surface area contributed by atoms with Gasteiger partial charge < -0.3 is 5.11 Å². The summed E-state index contributed by atoms with van der Waals surface area (Å²) < 4.78 is 35.4. The van der Waals surface area contributed by atoms with E-state index in [9.17, 15) is 17.9 Å². The lowest BCUT2D eigenvalue weighted by atomic mass is 10.1. The van der Waals surface area contributed by atoms with Gasteiger partial charge in [0.15, 0.2) is 0 Å². The molecule has 0 bridgehead atoms.